The van der Waals surface area contributed by atoms with Crippen LogP contribution in [0, 0.1) is 6.92 Å². The van der Waals surface area contributed by atoms with E-state index in [-0.39, 0.29) is 6.03 Å². The highest BCUT2D eigenvalue weighted by molar-refractivity contribution is 6.31. The van der Waals surface area contributed by atoms with Gasteiger partial charge in [0.15, 0.2) is 0 Å². The van der Waals surface area contributed by atoms with Crippen LogP contribution in [0.15, 0.2) is 24.3 Å². The quantitative estimate of drug-likeness (QED) is 0.844. The lowest BCUT2D eigenvalue weighted by molar-refractivity contribution is 0.208. The Morgan fingerprint density at radius 1 is 1.18 bits per heavy atom. The minimum absolute atomic E-state index is 0.173. The summed E-state index contributed by atoms with van der Waals surface area (Å²) in [5, 5.41) is 3.43. The summed E-state index contributed by atoms with van der Waals surface area (Å²) >= 11 is 6.04. The molecule has 0 spiro atoms. The normalized spacial score (nSPS) is 14.0. The lowest BCUT2D eigenvalue weighted by atomic mass is 10.3. The number of carbonyl (C=O) groups excluding carboxylic acids is 1. The number of nitrogens with one attached hydrogen (secondary N) is 1. The van der Waals surface area contributed by atoms with Gasteiger partial charge in [-0.1, -0.05) is 11.6 Å². The molecule has 2 heterocycles. The van der Waals surface area contributed by atoms with Crippen molar-refractivity contribution in [3.8, 4) is 5.75 Å². The van der Waals surface area contributed by atoms with Crippen LogP contribution in [0.3, 0.4) is 0 Å². The molecule has 3 rings (SSSR count). The van der Waals surface area contributed by atoms with Gasteiger partial charge in [-0.05, 0) is 25.1 Å². The van der Waals surface area contributed by atoms with Crippen LogP contribution in [0.5, 0.6) is 5.75 Å². The second-order valence-corrected chi connectivity index (χ2v) is 7.21. The molecule has 0 unspecified atom stereocenters. The summed E-state index contributed by atoms with van der Waals surface area (Å²) in [6.07, 6.45) is 0. The molecule has 0 aliphatic carbocycles. The molecule has 1 N–H and O–H groups in total. The molecule has 0 atom stereocenters. The number of hydrogen-bond donors (Lipinski definition) is 1. The van der Waals surface area contributed by atoms with Crippen LogP contribution in [-0.2, 0) is 0 Å². The molecule has 1 aliphatic heterocycles. The van der Waals surface area contributed by atoms with Gasteiger partial charge < -0.3 is 24.8 Å². The molecule has 8 nitrogen and oxygen atoms in total. The predicted octanol–water partition coefficient (Wildman–Crippen LogP) is 2.87. The molecular weight excluding hydrogens is 380 g/mol. The number of benzene rings is 1. The van der Waals surface area contributed by atoms with Crippen LogP contribution < -0.4 is 19.9 Å². The first-order chi connectivity index (χ1) is 13.4. The Balaban J connectivity index is 1.64. The maximum atomic E-state index is 12.7. The van der Waals surface area contributed by atoms with Crippen molar-refractivity contribution in [1.29, 1.82) is 0 Å². The van der Waals surface area contributed by atoms with Gasteiger partial charge in [0.25, 0.3) is 0 Å². The molecule has 0 radical (unpaired) electrons. The molecule has 28 heavy (non-hydrogen) atoms. The van der Waals surface area contributed by atoms with Crippen LogP contribution in [0.2, 0.25) is 5.02 Å². The van der Waals surface area contributed by atoms with Gasteiger partial charge in [0, 0.05) is 51.4 Å². The maximum Gasteiger partial charge on any atom is 0.322 e. The number of hydrogen-bond acceptors (Lipinski definition) is 6. The van der Waals surface area contributed by atoms with E-state index in [1.807, 2.05) is 32.0 Å². The topological polar surface area (TPSA) is 73.8 Å². The van der Waals surface area contributed by atoms with Gasteiger partial charge in [0.05, 0.1) is 12.8 Å². The van der Waals surface area contributed by atoms with Crippen molar-refractivity contribution in [3.05, 3.63) is 35.1 Å². The summed E-state index contributed by atoms with van der Waals surface area (Å²) < 4.78 is 5.29. The van der Waals surface area contributed by atoms with E-state index in [0.717, 1.165) is 17.5 Å². The van der Waals surface area contributed by atoms with Crippen molar-refractivity contribution in [2.45, 2.75) is 6.92 Å². The van der Waals surface area contributed by atoms with Crippen LogP contribution >= 0.6 is 11.6 Å². The number of methoxy groups -OCH3 is 1. The molecular formula is C19H25ClN6O2. The first kappa shape index (κ1) is 20.0. The number of urea groups is 1. The van der Waals surface area contributed by atoms with Crippen LogP contribution in [0.4, 0.5) is 22.1 Å². The van der Waals surface area contributed by atoms with Gasteiger partial charge in [0.2, 0.25) is 0 Å². The third-order valence-corrected chi connectivity index (χ3v) is 4.80. The minimum Gasteiger partial charge on any atom is -0.495 e. The molecule has 1 aromatic heterocycles. The van der Waals surface area contributed by atoms with Gasteiger partial charge in [0.1, 0.15) is 23.2 Å². The molecule has 1 aromatic carbocycles. The monoisotopic (exact) mass is 404 g/mol. The van der Waals surface area contributed by atoms with Crippen LogP contribution in [0.25, 0.3) is 0 Å². The highest BCUT2D eigenvalue weighted by Gasteiger charge is 2.23. The van der Waals surface area contributed by atoms with Gasteiger partial charge in [-0.25, -0.2) is 14.8 Å². The number of rotatable bonds is 4. The van der Waals surface area contributed by atoms with Gasteiger partial charge in [-0.3, -0.25) is 0 Å². The van der Waals surface area contributed by atoms with E-state index in [1.165, 1.54) is 0 Å². The zero-order valence-electron chi connectivity index (χ0n) is 16.6. The average Bonchev–Trinajstić information content (AvgIpc) is 2.67. The summed E-state index contributed by atoms with van der Waals surface area (Å²) in [5.74, 6) is 3.06. The van der Waals surface area contributed by atoms with E-state index in [4.69, 9.17) is 16.3 Å². The summed E-state index contributed by atoms with van der Waals surface area (Å²) in [6.45, 7) is 4.47. The number of ether oxygens (including phenoxy) is 1. The Morgan fingerprint density at radius 2 is 1.89 bits per heavy atom. The first-order valence-corrected chi connectivity index (χ1v) is 9.42. The molecule has 1 saturated heterocycles. The lowest BCUT2D eigenvalue weighted by Gasteiger charge is -2.35. The van der Waals surface area contributed by atoms with E-state index in [9.17, 15) is 4.79 Å². The molecule has 1 fully saturated rings. The summed E-state index contributed by atoms with van der Waals surface area (Å²) in [6, 6.07) is 6.93. The number of aromatic nitrogens is 2. The fourth-order valence-electron chi connectivity index (χ4n) is 3.04. The maximum absolute atomic E-state index is 12.7. The minimum atomic E-state index is -0.173. The summed E-state index contributed by atoms with van der Waals surface area (Å²) in [4.78, 5) is 27.5. The number of anilines is 3. The van der Waals surface area contributed by atoms with Crippen molar-refractivity contribution < 1.29 is 9.53 Å². The highest BCUT2D eigenvalue weighted by Crippen LogP contribution is 2.28. The van der Waals surface area contributed by atoms with Crippen molar-refractivity contribution in [3.63, 3.8) is 0 Å². The molecule has 150 valence electrons. The van der Waals surface area contributed by atoms with E-state index in [2.05, 4.69) is 20.2 Å². The van der Waals surface area contributed by atoms with Crippen molar-refractivity contribution in [1.82, 2.24) is 14.9 Å². The zero-order chi connectivity index (χ0) is 20.3. The van der Waals surface area contributed by atoms with E-state index in [1.54, 1.807) is 30.2 Å². The number of halogens is 1. The van der Waals surface area contributed by atoms with Gasteiger partial charge >= 0.3 is 6.03 Å². The number of aryl methyl sites for hydroxylation is 1. The third kappa shape index (κ3) is 4.56. The van der Waals surface area contributed by atoms with Crippen LogP contribution in [0.1, 0.15) is 5.82 Å². The van der Waals surface area contributed by atoms with Crippen molar-refractivity contribution in [2.75, 3.05) is 62.5 Å². The second-order valence-electron chi connectivity index (χ2n) is 6.77. The zero-order valence-corrected chi connectivity index (χ0v) is 17.3. The number of amides is 2. The smallest absolute Gasteiger partial charge is 0.322 e. The predicted molar refractivity (Wildman–Crippen MR) is 112 cm³/mol. The molecule has 2 aromatic rings. The largest absolute Gasteiger partial charge is 0.495 e. The number of carbonyl (C=O) groups is 1. The van der Waals surface area contributed by atoms with Gasteiger partial charge in [-0.2, -0.15) is 0 Å². The van der Waals surface area contributed by atoms with Crippen molar-refractivity contribution in [2.24, 2.45) is 0 Å². The standard InChI is InChI=1S/C19H25ClN6O2/c1-13-21-17(24(2)3)12-18(22-13)25-7-9-26(10-8-25)19(27)23-15-11-14(20)5-6-16(15)28-4/h5-6,11-12H,7-10H2,1-4H3,(H,23,27). The summed E-state index contributed by atoms with van der Waals surface area (Å²) in [7, 11) is 5.47. The Kier molecular flexibility index (Phi) is 6.08. The fourth-order valence-corrected chi connectivity index (χ4v) is 3.21. The Morgan fingerprint density at radius 3 is 2.54 bits per heavy atom. The van der Waals surface area contributed by atoms with E-state index >= 15 is 0 Å². The fraction of sp³-hybridized carbons (Fsp3) is 0.421. The van der Waals surface area contributed by atoms with Crippen molar-refractivity contribution >= 4 is 35.0 Å². The average molecular weight is 405 g/mol. The van der Waals surface area contributed by atoms with Crippen LogP contribution in [-0.4, -0.2) is 68.3 Å². The molecule has 9 heteroatoms. The number of piperazine rings is 1. The van der Waals surface area contributed by atoms with E-state index in [0.29, 0.717) is 42.6 Å². The molecule has 0 bridgehead atoms. The molecule has 0 saturated carbocycles. The second kappa shape index (κ2) is 8.52. The SMILES string of the molecule is COc1ccc(Cl)cc1NC(=O)N1CCN(c2cc(N(C)C)nc(C)n2)CC1. The Hall–Kier alpha value is -2.74. The summed E-state index contributed by atoms with van der Waals surface area (Å²) in [5.41, 5.74) is 0.560. The lowest BCUT2D eigenvalue weighted by Crippen LogP contribution is -2.50. The first-order valence-electron chi connectivity index (χ1n) is 9.05. The third-order valence-electron chi connectivity index (χ3n) is 4.56. The molecule has 1 aliphatic rings. The highest BCUT2D eigenvalue weighted by atomic mass is 35.5. The van der Waals surface area contributed by atoms with E-state index < -0.39 is 0 Å². The Labute approximate surface area is 170 Å². The number of nitrogens with zero attached hydrogens (tertiary/aromatic N) is 5. The molecule has 2 amide bonds. The Bertz CT molecular complexity index is 852. The van der Waals surface area contributed by atoms with Gasteiger partial charge in [-0.15, -0.1) is 0 Å².